The fourth-order valence-corrected chi connectivity index (χ4v) is 4.76. The highest BCUT2D eigenvalue weighted by molar-refractivity contribution is 5.85. The summed E-state index contributed by atoms with van der Waals surface area (Å²) in [5.74, 6) is 0.818. The highest BCUT2D eigenvalue weighted by atomic mass is 16.2. The molecule has 2 saturated heterocycles. The number of fused-ring (bicyclic) bond motifs is 1. The lowest BCUT2D eigenvalue weighted by atomic mass is 9.86. The van der Waals surface area contributed by atoms with Gasteiger partial charge in [0, 0.05) is 50.9 Å². The highest BCUT2D eigenvalue weighted by Crippen LogP contribution is 2.33. The summed E-state index contributed by atoms with van der Waals surface area (Å²) in [4.78, 5) is 34.8. The fourth-order valence-electron chi connectivity index (χ4n) is 4.76. The molecule has 6 nitrogen and oxygen atoms in total. The zero-order valence-corrected chi connectivity index (χ0v) is 17.4. The number of hydrogen-bond donors (Lipinski definition) is 0. The number of carbonyl (C=O) groups is 2. The van der Waals surface area contributed by atoms with E-state index in [-0.39, 0.29) is 17.9 Å². The molecule has 154 valence electrons. The van der Waals surface area contributed by atoms with Crippen LogP contribution in [0.5, 0.6) is 0 Å². The lowest BCUT2D eigenvalue weighted by Gasteiger charge is -2.40. The number of rotatable bonds is 3. The molecule has 0 bridgehead atoms. The van der Waals surface area contributed by atoms with Crippen molar-refractivity contribution in [3.8, 4) is 0 Å². The molecule has 0 N–H and O–H groups in total. The number of piperidine rings is 1. The molecule has 0 radical (unpaired) electrons. The van der Waals surface area contributed by atoms with E-state index >= 15 is 0 Å². The van der Waals surface area contributed by atoms with Crippen molar-refractivity contribution in [3.05, 3.63) is 42.2 Å². The number of likely N-dealkylation sites (tertiary alicyclic amines) is 1. The third kappa shape index (κ3) is 4.13. The van der Waals surface area contributed by atoms with Gasteiger partial charge >= 0.3 is 0 Å². The zero-order chi connectivity index (χ0) is 20.4. The molecule has 6 heteroatoms. The number of aromatic nitrogens is 1. The lowest BCUT2D eigenvalue weighted by molar-refractivity contribution is -0.142. The largest absolute Gasteiger partial charge is 0.339 e. The predicted octanol–water partition coefficient (Wildman–Crippen LogP) is 2.49. The molecule has 1 unspecified atom stereocenters. The summed E-state index contributed by atoms with van der Waals surface area (Å²) >= 11 is 0. The van der Waals surface area contributed by atoms with Crippen molar-refractivity contribution in [2.24, 2.45) is 0 Å². The van der Waals surface area contributed by atoms with Gasteiger partial charge in [0.25, 0.3) is 0 Å². The number of nitrogens with zero attached hydrogens (tertiary/aromatic N) is 4. The van der Waals surface area contributed by atoms with E-state index in [2.05, 4.69) is 34.1 Å². The minimum atomic E-state index is -0.100. The highest BCUT2D eigenvalue weighted by Gasteiger charge is 2.31. The maximum absolute atomic E-state index is 13.0. The van der Waals surface area contributed by atoms with Gasteiger partial charge in [-0.2, -0.15) is 0 Å². The summed E-state index contributed by atoms with van der Waals surface area (Å²) in [7, 11) is 0. The van der Waals surface area contributed by atoms with Crippen molar-refractivity contribution >= 4 is 22.6 Å². The third-order valence-electron chi connectivity index (χ3n) is 6.63. The first-order valence-electron chi connectivity index (χ1n) is 10.7. The van der Waals surface area contributed by atoms with Gasteiger partial charge in [-0.25, -0.2) is 0 Å². The van der Waals surface area contributed by atoms with E-state index in [9.17, 15) is 9.59 Å². The Morgan fingerprint density at radius 2 is 1.69 bits per heavy atom. The fraction of sp³-hybridized carbons (Fsp3) is 0.522. The molecule has 0 spiro atoms. The van der Waals surface area contributed by atoms with Gasteiger partial charge in [0.2, 0.25) is 11.8 Å². The molecule has 1 aromatic heterocycles. The second kappa shape index (κ2) is 8.49. The molecular formula is C23H30N4O2. The SMILES string of the molecule is CC(=O)N1CCN(C(=O)C(C)N2CCC(c3cccc4cnccc34)CC2)CC1. The van der Waals surface area contributed by atoms with Crippen LogP contribution in [0, 0.1) is 0 Å². The van der Waals surface area contributed by atoms with Crippen molar-refractivity contribution in [2.75, 3.05) is 39.3 Å². The number of pyridine rings is 1. The summed E-state index contributed by atoms with van der Waals surface area (Å²) in [6.45, 7) is 8.07. The number of carbonyl (C=O) groups excluding carboxylic acids is 2. The van der Waals surface area contributed by atoms with E-state index in [0.29, 0.717) is 32.1 Å². The Labute approximate surface area is 172 Å². The van der Waals surface area contributed by atoms with Crippen molar-refractivity contribution in [3.63, 3.8) is 0 Å². The van der Waals surface area contributed by atoms with Crippen LogP contribution in [0.4, 0.5) is 0 Å². The summed E-state index contributed by atoms with van der Waals surface area (Å²) in [6.07, 6.45) is 5.93. The minimum absolute atomic E-state index is 0.0939. The molecule has 1 atom stereocenters. The quantitative estimate of drug-likeness (QED) is 0.803. The van der Waals surface area contributed by atoms with Gasteiger partial charge in [0.15, 0.2) is 0 Å². The van der Waals surface area contributed by atoms with Crippen LogP contribution in [0.25, 0.3) is 10.8 Å². The van der Waals surface area contributed by atoms with Gasteiger partial charge < -0.3 is 9.80 Å². The molecule has 2 aliphatic rings. The molecule has 0 saturated carbocycles. The molecule has 2 fully saturated rings. The first-order valence-corrected chi connectivity index (χ1v) is 10.7. The molecule has 1 aromatic carbocycles. The molecule has 2 amide bonds. The van der Waals surface area contributed by atoms with Crippen LogP contribution in [0.2, 0.25) is 0 Å². The number of benzene rings is 1. The van der Waals surface area contributed by atoms with Crippen molar-refractivity contribution < 1.29 is 9.59 Å². The van der Waals surface area contributed by atoms with E-state index in [1.165, 1.54) is 16.3 Å². The van der Waals surface area contributed by atoms with Gasteiger partial charge in [-0.3, -0.25) is 19.5 Å². The Morgan fingerprint density at radius 1 is 1.00 bits per heavy atom. The number of hydrogen-bond acceptors (Lipinski definition) is 4. The Kier molecular flexibility index (Phi) is 5.81. The standard InChI is InChI=1S/C23H30N4O2/c1-17(23(29)27-14-12-26(13-15-27)18(2)28)25-10-7-19(8-11-25)21-5-3-4-20-16-24-9-6-22(20)21/h3-6,9,16-17,19H,7-8,10-15H2,1-2H3. The zero-order valence-electron chi connectivity index (χ0n) is 17.4. The van der Waals surface area contributed by atoms with Crippen LogP contribution in [0.15, 0.2) is 36.7 Å². The minimum Gasteiger partial charge on any atom is -0.339 e. The van der Waals surface area contributed by atoms with Gasteiger partial charge in [0.05, 0.1) is 6.04 Å². The van der Waals surface area contributed by atoms with Crippen LogP contribution in [-0.2, 0) is 9.59 Å². The van der Waals surface area contributed by atoms with Gasteiger partial charge in [-0.1, -0.05) is 18.2 Å². The van der Waals surface area contributed by atoms with Gasteiger partial charge in [0.1, 0.15) is 0 Å². The number of amides is 2. The molecule has 0 aliphatic carbocycles. The normalized spacial score (nSPS) is 20.1. The van der Waals surface area contributed by atoms with Gasteiger partial charge in [-0.15, -0.1) is 0 Å². The molecule has 4 rings (SSSR count). The lowest BCUT2D eigenvalue weighted by Crippen LogP contribution is -2.55. The van der Waals surface area contributed by atoms with Crippen LogP contribution < -0.4 is 0 Å². The summed E-state index contributed by atoms with van der Waals surface area (Å²) in [6, 6.07) is 8.50. The molecular weight excluding hydrogens is 364 g/mol. The predicted molar refractivity (Wildman–Crippen MR) is 114 cm³/mol. The van der Waals surface area contributed by atoms with Crippen LogP contribution in [0.1, 0.15) is 38.2 Å². The van der Waals surface area contributed by atoms with E-state index in [1.54, 1.807) is 6.92 Å². The first kappa shape index (κ1) is 19.8. The van der Waals surface area contributed by atoms with Crippen LogP contribution in [-0.4, -0.2) is 76.8 Å². The number of piperazine rings is 1. The smallest absolute Gasteiger partial charge is 0.239 e. The second-order valence-corrected chi connectivity index (χ2v) is 8.26. The van der Waals surface area contributed by atoms with Crippen LogP contribution in [0.3, 0.4) is 0 Å². The Morgan fingerprint density at radius 3 is 2.38 bits per heavy atom. The third-order valence-corrected chi connectivity index (χ3v) is 6.63. The van der Waals surface area contributed by atoms with Crippen molar-refractivity contribution in [2.45, 2.75) is 38.6 Å². The summed E-state index contributed by atoms with van der Waals surface area (Å²) < 4.78 is 0. The first-order chi connectivity index (χ1) is 14.0. The molecule has 29 heavy (non-hydrogen) atoms. The van der Waals surface area contributed by atoms with Gasteiger partial charge in [-0.05, 0) is 55.8 Å². The van der Waals surface area contributed by atoms with E-state index in [0.717, 1.165) is 25.9 Å². The Bertz CT molecular complexity index is 878. The average Bonchev–Trinajstić information content (AvgIpc) is 2.78. The summed E-state index contributed by atoms with van der Waals surface area (Å²) in [5, 5.41) is 2.49. The Hall–Kier alpha value is -2.47. The molecule has 2 aromatic rings. The molecule has 3 heterocycles. The maximum atomic E-state index is 13.0. The topological polar surface area (TPSA) is 56.8 Å². The van der Waals surface area contributed by atoms with E-state index in [1.807, 2.05) is 29.1 Å². The molecule has 2 aliphatic heterocycles. The van der Waals surface area contributed by atoms with Crippen molar-refractivity contribution in [1.82, 2.24) is 19.7 Å². The maximum Gasteiger partial charge on any atom is 0.239 e. The monoisotopic (exact) mass is 394 g/mol. The van der Waals surface area contributed by atoms with Crippen LogP contribution >= 0.6 is 0 Å². The Balaban J connectivity index is 1.35. The van der Waals surface area contributed by atoms with E-state index < -0.39 is 0 Å². The van der Waals surface area contributed by atoms with E-state index in [4.69, 9.17) is 0 Å². The average molecular weight is 395 g/mol. The second-order valence-electron chi connectivity index (χ2n) is 8.26. The van der Waals surface area contributed by atoms with Crippen molar-refractivity contribution in [1.29, 1.82) is 0 Å². The summed E-state index contributed by atoms with van der Waals surface area (Å²) in [5.41, 5.74) is 1.41.